The number of ketones is 1. The summed E-state index contributed by atoms with van der Waals surface area (Å²) in [6.07, 6.45) is -0.495. The van der Waals surface area contributed by atoms with Crippen LogP contribution in [0, 0.1) is 6.92 Å². The van der Waals surface area contributed by atoms with Gasteiger partial charge in [0.05, 0.1) is 0 Å². The third kappa shape index (κ3) is 5.95. The molecule has 0 saturated carbocycles. The van der Waals surface area contributed by atoms with E-state index < -0.39 is 6.10 Å². The molecule has 1 rings (SSSR count). The zero-order valence-corrected chi connectivity index (χ0v) is 13.3. The molecule has 1 unspecified atom stereocenters. The van der Waals surface area contributed by atoms with Crippen LogP contribution < -0.4 is 10.2 Å². The molecule has 0 saturated heterocycles. The number of hydrogen-bond donors (Lipinski definition) is 1. The first-order valence-electron chi connectivity index (χ1n) is 6.55. The largest absolute Gasteiger partial charge is 0.481 e. The lowest BCUT2D eigenvalue weighted by Gasteiger charge is -2.15. The van der Waals surface area contributed by atoms with Crippen LogP contribution in [0.2, 0.25) is 5.02 Å². The molecule has 0 aliphatic rings. The molecule has 1 atom stereocenters. The van der Waals surface area contributed by atoms with Crippen LogP contribution in [-0.2, 0) is 9.59 Å². The molecule has 0 aliphatic carbocycles. The van der Waals surface area contributed by atoms with Crippen molar-refractivity contribution in [2.24, 2.45) is 5.10 Å². The molecular formula is C15H19ClN2O3. The third-order valence-corrected chi connectivity index (χ3v) is 2.91. The molecule has 114 valence electrons. The topological polar surface area (TPSA) is 67.8 Å². The molecule has 0 bridgehead atoms. The third-order valence-electron chi connectivity index (χ3n) is 2.67. The molecule has 0 spiro atoms. The molecule has 1 amide bonds. The van der Waals surface area contributed by atoms with Crippen LogP contribution in [0.3, 0.4) is 0 Å². The highest BCUT2D eigenvalue weighted by molar-refractivity contribution is 6.30. The Bertz CT molecular complexity index is 570. The second-order valence-corrected chi connectivity index (χ2v) is 5.31. The van der Waals surface area contributed by atoms with Gasteiger partial charge in [-0.15, -0.1) is 0 Å². The van der Waals surface area contributed by atoms with E-state index in [0.29, 0.717) is 16.5 Å². The van der Waals surface area contributed by atoms with Crippen LogP contribution in [-0.4, -0.2) is 23.5 Å². The van der Waals surface area contributed by atoms with Crippen LogP contribution in [0.5, 0.6) is 5.75 Å². The van der Waals surface area contributed by atoms with Crippen molar-refractivity contribution in [3.05, 3.63) is 28.8 Å². The summed E-state index contributed by atoms with van der Waals surface area (Å²) >= 11 is 5.86. The van der Waals surface area contributed by atoms with Gasteiger partial charge in [-0.3, -0.25) is 9.59 Å². The van der Waals surface area contributed by atoms with Crippen molar-refractivity contribution in [1.29, 1.82) is 0 Å². The summed E-state index contributed by atoms with van der Waals surface area (Å²) in [5.41, 5.74) is 3.78. The fraction of sp³-hybridized carbons (Fsp3) is 0.400. The van der Waals surface area contributed by atoms with Crippen LogP contribution in [0.4, 0.5) is 0 Å². The van der Waals surface area contributed by atoms with Crippen molar-refractivity contribution in [1.82, 2.24) is 5.43 Å². The fourth-order valence-electron chi connectivity index (χ4n) is 1.63. The lowest BCUT2D eigenvalue weighted by atomic mass is 10.2. The van der Waals surface area contributed by atoms with Crippen molar-refractivity contribution in [3.8, 4) is 5.75 Å². The van der Waals surface area contributed by atoms with E-state index in [1.54, 1.807) is 32.0 Å². The van der Waals surface area contributed by atoms with Crippen molar-refractivity contribution < 1.29 is 14.3 Å². The molecule has 21 heavy (non-hydrogen) atoms. The number of benzene rings is 1. The molecule has 1 N–H and O–H groups in total. The second kappa shape index (κ2) is 7.78. The minimum absolute atomic E-state index is 0.00779. The smallest absolute Gasteiger partial charge is 0.280 e. The van der Waals surface area contributed by atoms with Gasteiger partial charge in [-0.1, -0.05) is 11.6 Å². The summed E-state index contributed by atoms with van der Waals surface area (Å²) < 4.78 is 5.57. The Morgan fingerprint density at radius 3 is 2.62 bits per heavy atom. The second-order valence-electron chi connectivity index (χ2n) is 4.87. The van der Waals surface area contributed by atoms with E-state index in [-0.39, 0.29) is 18.1 Å². The summed E-state index contributed by atoms with van der Waals surface area (Å²) in [5.74, 6) is 0.199. The Labute approximate surface area is 129 Å². The van der Waals surface area contributed by atoms with Gasteiger partial charge < -0.3 is 4.74 Å². The monoisotopic (exact) mass is 310 g/mol. The summed E-state index contributed by atoms with van der Waals surface area (Å²) in [4.78, 5) is 22.8. The predicted octanol–water partition coefficient (Wildman–Crippen LogP) is 2.89. The number of nitrogens with one attached hydrogen (secondary N) is 1. The molecule has 0 fully saturated rings. The predicted molar refractivity (Wildman–Crippen MR) is 82.8 cm³/mol. The molecule has 1 aromatic rings. The Hall–Kier alpha value is -1.88. The minimum Gasteiger partial charge on any atom is -0.481 e. The van der Waals surface area contributed by atoms with E-state index in [0.717, 1.165) is 5.56 Å². The van der Waals surface area contributed by atoms with Gasteiger partial charge >= 0.3 is 0 Å². The summed E-state index contributed by atoms with van der Waals surface area (Å²) in [5, 5.41) is 4.47. The van der Waals surface area contributed by atoms with Crippen molar-refractivity contribution in [3.63, 3.8) is 0 Å². The molecule has 0 heterocycles. The van der Waals surface area contributed by atoms with Gasteiger partial charge in [-0.2, -0.15) is 5.10 Å². The molecule has 0 aromatic heterocycles. The number of aryl methyl sites for hydroxylation is 1. The highest BCUT2D eigenvalue weighted by Gasteiger charge is 2.15. The number of ether oxygens (including phenoxy) is 1. The molecule has 5 nitrogen and oxygen atoms in total. The van der Waals surface area contributed by atoms with Crippen LogP contribution in [0.1, 0.15) is 32.8 Å². The first kappa shape index (κ1) is 17.2. The number of amides is 1. The maximum Gasteiger partial charge on any atom is 0.280 e. The Balaban J connectivity index is 2.60. The quantitative estimate of drug-likeness (QED) is 0.649. The van der Waals surface area contributed by atoms with E-state index in [1.807, 2.05) is 6.92 Å². The number of hydrogen-bond acceptors (Lipinski definition) is 4. The zero-order valence-electron chi connectivity index (χ0n) is 12.6. The standard InChI is InChI=1S/C15H19ClN2O3/c1-9-7-13(16)5-6-14(9)21-12(4)15(20)18-17-10(2)8-11(3)19/h5-7,12H,8H2,1-4H3,(H,18,20). The summed E-state index contributed by atoms with van der Waals surface area (Å²) in [7, 11) is 0. The van der Waals surface area contributed by atoms with Crippen molar-refractivity contribution >= 4 is 29.0 Å². The molecule has 1 aromatic carbocycles. The molecule has 0 aliphatic heterocycles. The highest BCUT2D eigenvalue weighted by Crippen LogP contribution is 2.22. The van der Waals surface area contributed by atoms with Gasteiger partial charge in [0.1, 0.15) is 11.5 Å². The Morgan fingerprint density at radius 1 is 1.38 bits per heavy atom. The zero-order chi connectivity index (χ0) is 16.0. The average Bonchev–Trinajstić information content (AvgIpc) is 2.38. The number of carbonyl (C=O) groups is 2. The molecular weight excluding hydrogens is 292 g/mol. The summed E-state index contributed by atoms with van der Waals surface area (Å²) in [6.45, 7) is 6.62. The minimum atomic E-state index is -0.709. The molecule has 0 radical (unpaired) electrons. The lowest BCUT2D eigenvalue weighted by Crippen LogP contribution is -2.34. The van der Waals surface area contributed by atoms with E-state index in [1.165, 1.54) is 6.92 Å². The van der Waals surface area contributed by atoms with E-state index in [4.69, 9.17) is 16.3 Å². The van der Waals surface area contributed by atoms with E-state index >= 15 is 0 Å². The van der Waals surface area contributed by atoms with Crippen molar-refractivity contribution in [2.75, 3.05) is 0 Å². The van der Waals surface area contributed by atoms with Gasteiger partial charge in [0.15, 0.2) is 6.10 Å². The number of rotatable bonds is 6. The van der Waals surface area contributed by atoms with Gasteiger partial charge in [0, 0.05) is 17.2 Å². The fourth-order valence-corrected chi connectivity index (χ4v) is 1.86. The number of Topliss-reactive ketones (excluding diaryl/α,β-unsaturated/α-hetero) is 1. The van der Waals surface area contributed by atoms with Crippen LogP contribution >= 0.6 is 11.6 Å². The first-order valence-corrected chi connectivity index (χ1v) is 6.92. The lowest BCUT2D eigenvalue weighted by molar-refractivity contribution is -0.127. The normalized spacial score (nSPS) is 12.7. The first-order chi connectivity index (χ1) is 9.79. The number of nitrogens with zero attached hydrogens (tertiary/aromatic N) is 1. The SMILES string of the molecule is CC(=O)CC(C)=NNC(=O)C(C)Oc1ccc(Cl)cc1C. The maximum absolute atomic E-state index is 11.9. The van der Waals surface area contributed by atoms with Gasteiger partial charge in [-0.05, 0) is 51.5 Å². The maximum atomic E-state index is 11.9. The van der Waals surface area contributed by atoms with Gasteiger partial charge in [0.2, 0.25) is 0 Å². The number of carbonyl (C=O) groups excluding carboxylic acids is 2. The van der Waals surface area contributed by atoms with Crippen molar-refractivity contribution in [2.45, 2.75) is 40.2 Å². The van der Waals surface area contributed by atoms with Gasteiger partial charge in [0.25, 0.3) is 5.91 Å². The Morgan fingerprint density at radius 2 is 2.05 bits per heavy atom. The number of hydrazone groups is 1. The summed E-state index contributed by atoms with van der Waals surface area (Å²) in [6, 6.07) is 5.17. The van der Waals surface area contributed by atoms with Gasteiger partial charge in [-0.25, -0.2) is 5.43 Å². The van der Waals surface area contributed by atoms with E-state index in [9.17, 15) is 9.59 Å². The van der Waals surface area contributed by atoms with E-state index in [2.05, 4.69) is 10.5 Å². The Kier molecular flexibility index (Phi) is 6.37. The molecule has 6 heteroatoms. The van der Waals surface area contributed by atoms with Crippen LogP contribution in [0.15, 0.2) is 23.3 Å². The highest BCUT2D eigenvalue weighted by atomic mass is 35.5. The van der Waals surface area contributed by atoms with Crippen LogP contribution in [0.25, 0.3) is 0 Å². The average molecular weight is 311 g/mol. The number of halogens is 1.